The number of benzene rings is 2. The maximum atomic E-state index is 14.8. The molecule has 6 aliphatic carbocycles. The Bertz CT molecular complexity index is 2410. The Hall–Kier alpha value is -1.57. The highest BCUT2D eigenvalue weighted by Gasteiger charge is 2.59. The Kier molecular flexibility index (Phi) is 21.6. The first-order chi connectivity index (χ1) is 36.1. The topological polar surface area (TPSA) is 165 Å². The van der Waals surface area contributed by atoms with Crippen LogP contribution in [0.2, 0.25) is 35.5 Å². The lowest BCUT2D eigenvalue weighted by Gasteiger charge is -2.62. The fourth-order valence-corrected chi connectivity index (χ4v) is 15.4. The van der Waals surface area contributed by atoms with E-state index in [0.29, 0.717) is 57.0 Å². The van der Waals surface area contributed by atoms with Gasteiger partial charge >= 0.3 is 5.97 Å². The number of hydroxylamine groups is 4. The minimum Gasteiger partial charge on any atom is -0.495 e. The molecule has 2 aromatic rings. The number of carbonyl (C=O) groups is 2. The van der Waals surface area contributed by atoms with Gasteiger partial charge in [-0.05, 0) is 157 Å². The number of ether oxygens (including phenoxy) is 2. The van der Waals surface area contributed by atoms with Crippen molar-refractivity contribution < 1.29 is 52.2 Å². The fraction of sp³-hybridized carbons (Fsp3) is 0.763. The lowest BCUT2D eigenvalue weighted by atomic mass is 9.45. The van der Waals surface area contributed by atoms with Crippen LogP contribution < -0.4 is 15.8 Å². The molecule has 3 saturated heterocycles. The summed E-state index contributed by atoms with van der Waals surface area (Å²) in [7, 11) is -0.518. The van der Waals surface area contributed by atoms with Crippen LogP contribution >= 0.6 is 31.9 Å². The molecule has 6 saturated carbocycles. The Labute approximate surface area is 488 Å². The number of halogens is 4. The Morgan fingerprint density at radius 3 is 1.92 bits per heavy atom. The number of nitrogens with one attached hydrogen (secondary N) is 1. The molecule has 2 aromatic carbocycles. The van der Waals surface area contributed by atoms with Gasteiger partial charge in [0.05, 0.1) is 49.9 Å². The van der Waals surface area contributed by atoms with E-state index >= 15 is 0 Å². The van der Waals surface area contributed by atoms with E-state index in [1.807, 2.05) is 13.8 Å². The predicted molar refractivity (Wildman–Crippen MR) is 314 cm³/mol. The number of aliphatic hydroxyl groups is 2. The van der Waals surface area contributed by atoms with Gasteiger partial charge in [0, 0.05) is 33.6 Å². The summed E-state index contributed by atoms with van der Waals surface area (Å²) < 4.78 is 48.0. The first-order valence-corrected chi connectivity index (χ1v) is 36.6. The first-order valence-electron chi connectivity index (χ1n) is 28.6. The molecule has 0 radical (unpaired) electrons. The number of methoxy groups -OCH3 is 1. The van der Waals surface area contributed by atoms with Crippen LogP contribution in [0.1, 0.15) is 119 Å². The van der Waals surface area contributed by atoms with Crippen molar-refractivity contribution in [1.82, 2.24) is 15.4 Å². The summed E-state index contributed by atoms with van der Waals surface area (Å²) in [5.41, 5.74) is 8.46. The summed E-state index contributed by atoms with van der Waals surface area (Å²) in [6.45, 7) is 30.4. The monoisotopic (exact) mass is 1250 g/mol. The van der Waals surface area contributed by atoms with E-state index < -0.39 is 44.3 Å². The summed E-state index contributed by atoms with van der Waals surface area (Å²) in [6.07, 6.45) is 2.57. The zero-order valence-electron chi connectivity index (χ0n) is 50.0. The Morgan fingerprint density at radius 1 is 0.897 bits per heavy atom. The van der Waals surface area contributed by atoms with Crippen molar-refractivity contribution >= 4 is 66.2 Å². The molecule has 3 heterocycles. The molecule has 440 valence electrons. The maximum absolute atomic E-state index is 14.8. The Balaban J connectivity index is 0.000000201. The molecule has 1 amide bonds. The quantitative estimate of drug-likeness (QED) is 0.118. The number of hydrogen-bond acceptors (Lipinski definition) is 12. The highest BCUT2D eigenvalue weighted by atomic mass is 79.9. The molecule has 2 unspecified atom stereocenters. The van der Waals surface area contributed by atoms with E-state index in [-0.39, 0.29) is 86.3 Å². The lowest BCUT2D eigenvalue weighted by Crippen LogP contribution is -2.62. The van der Waals surface area contributed by atoms with Crippen molar-refractivity contribution in [1.29, 1.82) is 0 Å². The largest absolute Gasteiger partial charge is 0.495 e. The van der Waals surface area contributed by atoms with Gasteiger partial charge in [-0.3, -0.25) is 19.3 Å². The molecule has 16 atom stereocenters. The van der Waals surface area contributed by atoms with Gasteiger partial charge in [-0.2, -0.15) is 10.1 Å². The minimum atomic E-state index is -1.97. The molecular weight excluding hydrogens is 1160 g/mol. The van der Waals surface area contributed by atoms with Gasteiger partial charge in [-0.15, -0.1) is 17.4 Å². The van der Waals surface area contributed by atoms with Gasteiger partial charge in [0.25, 0.3) is 14.1 Å². The van der Waals surface area contributed by atoms with Gasteiger partial charge in [0.2, 0.25) is 5.91 Å². The number of amides is 1. The molecule has 0 aromatic heterocycles. The normalized spacial score (nSPS) is 33.8. The highest BCUT2D eigenvalue weighted by molar-refractivity contribution is 9.10. The number of fused-ring (bicyclic) bond motifs is 5. The number of cyclic esters (lactones) is 1. The van der Waals surface area contributed by atoms with Crippen LogP contribution in [0, 0.1) is 76.7 Å². The average Bonchev–Trinajstić information content (AvgIpc) is 4.03. The van der Waals surface area contributed by atoms with Gasteiger partial charge in [0.15, 0.2) is 8.32 Å². The molecule has 0 spiro atoms. The van der Waals surface area contributed by atoms with Gasteiger partial charge in [0.1, 0.15) is 47.8 Å². The predicted octanol–water partition coefficient (Wildman–Crippen LogP) is 11.6. The second kappa shape index (κ2) is 25.7. The minimum absolute atomic E-state index is 0.0334. The molecule has 3 aliphatic heterocycles. The van der Waals surface area contributed by atoms with E-state index in [1.165, 1.54) is 43.6 Å². The van der Waals surface area contributed by atoms with Crippen LogP contribution in [0.5, 0.6) is 5.75 Å². The van der Waals surface area contributed by atoms with E-state index in [9.17, 15) is 28.6 Å². The zero-order chi connectivity index (χ0) is 58.5. The van der Waals surface area contributed by atoms with Gasteiger partial charge in [-0.25, -0.2) is 8.78 Å². The molecule has 4 bridgehead atoms. The molecule has 5 N–H and O–H groups in total. The SMILES string of the molecule is COc1c(Br)ccc(F)c1CN1O[C@@H](CO)[C@@H]([C@H](C)O)C1C(=O)N[C@H]1C[C@H]2CC([C@@H]1C)C2(C)C.C[C@@H]1[C@@H](N)C[C@H]2C[C@@H]1C2(C)C.Cc1c(Br)ccc(F)c1CN1O[C@@H](CO[Si](C)(C)C(C)(C)C)[C@H]2[C@H](C)OC(=O)[C@H]21.[CH3][Al]([CH3])[CH3]. The maximum Gasteiger partial charge on any atom is 0.326 e. The number of hydrogen-bond donors (Lipinski definition) is 4. The average molecular weight is 1260 g/mol. The lowest BCUT2D eigenvalue weighted by molar-refractivity contribution is -0.195. The number of carbonyl (C=O) groups excluding carboxylic acids is 2. The van der Waals surface area contributed by atoms with Crippen molar-refractivity contribution in [3.05, 3.63) is 61.5 Å². The number of nitrogens with zero attached hydrogens (tertiary/aromatic N) is 2. The smallest absolute Gasteiger partial charge is 0.326 e. The third kappa shape index (κ3) is 13.7. The van der Waals surface area contributed by atoms with Crippen LogP contribution in [0.4, 0.5) is 8.78 Å². The van der Waals surface area contributed by atoms with E-state index in [0.717, 1.165) is 34.2 Å². The van der Waals surface area contributed by atoms with Gasteiger partial charge < -0.3 is 35.2 Å². The number of rotatable bonds is 12. The zero-order valence-corrected chi connectivity index (χ0v) is 55.3. The number of esters is 1. The summed E-state index contributed by atoms with van der Waals surface area (Å²) in [5.74, 6) is 9.10. The van der Waals surface area contributed by atoms with Crippen molar-refractivity contribution in [2.75, 3.05) is 20.3 Å². The second-order valence-electron chi connectivity index (χ2n) is 27.2. The molecular formula is C59H95AlBr2F2N4O9Si. The summed E-state index contributed by atoms with van der Waals surface area (Å²) in [4.78, 5) is 38.3. The standard InChI is InChI=1S/C25H36BrFN2O5.C21H31BrFNO4Si.C10H19N.3CH3.Al/c1-12-16-8-14(25(16,3)4)9-19(12)28-24(32)22-21(13(2)31)20(11-30)34-29(22)10-15-18(27)7-6-17(26)23(15)33-5;1-12-14(16(23)9-8-15(12)22)10-24-19-18(13(2)27-20(19)25)17(28-24)11-26-29(6,7)21(3,4)5;1-6-8-4-7(5-9(6)11)10(8,2)3;;;;/h6-7,12-14,16,19-22,30-31H,8-11H2,1-5H3,(H,28,32);8-9,13,17-19H,10-11H2,1-7H3;6-9H,4-5,11H2,1-3H3;3*1H3;/t12-,13-,14+,16?,19-,20-,21+,22?;13-,17-,18+,19-;6-,7+,8-,9-;;;;/m000..../s1. The Morgan fingerprint density at radius 2 is 1.42 bits per heavy atom. The van der Waals surface area contributed by atoms with E-state index in [4.69, 9.17) is 29.3 Å². The third-order valence-electron chi connectivity index (χ3n) is 19.8. The van der Waals surface area contributed by atoms with E-state index in [2.05, 4.69) is 130 Å². The summed E-state index contributed by atoms with van der Waals surface area (Å²) >= 11 is 6.69. The van der Waals surface area contributed by atoms with Crippen LogP contribution in [-0.4, -0.2) is 124 Å². The van der Waals surface area contributed by atoms with Crippen molar-refractivity contribution in [2.24, 2.45) is 63.9 Å². The van der Waals surface area contributed by atoms with Crippen molar-refractivity contribution in [3.8, 4) is 5.75 Å². The summed E-state index contributed by atoms with van der Waals surface area (Å²) in [6, 6.07) is 5.07. The summed E-state index contributed by atoms with van der Waals surface area (Å²) in [5, 5.41) is 26.7. The van der Waals surface area contributed by atoms with Gasteiger partial charge in [-0.1, -0.05) is 78.2 Å². The van der Waals surface area contributed by atoms with Crippen LogP contribution in [0.25, 0.3) is 0 Å². The van der Waals surface area contributed by atoms with Crippen molar-refractivity contribution in [2.45, 2.75) is 206 Å². The second-order valence-corrected chi connectivity index (χ2v) is 37.2. The van der Waals surface area contributed by atoms with Crippen LogP contribution in [0.15, 0.2) is 33.2 Å². The van der Waals surface area contributed by atoms with Crippen LogP contribution in [0.3, 0.4) is 0 Å². The molecule has 13 nitrogen and oxygen atoms in total. The molecule has 11 rings (SSSR count). The highest BCUT2D eigenvalue weighted by Crippen LogP contribution is 2.62. The molecule has 19 heteroatoms. The van der Waals surface area contributed by atoms with Crippen LogP contribution in [-0.2, 0) is 41.5 Å². The molecule has 78 heavy (non-hydrogen) atoms. The number of aliphatic hydroxyl groups excluding tert-OH is 2. The molecule has 9 aliphatic rings. The van der Waals surface area contributed by atoms with E-state index in [1.54, 1.807) is 24.1 Å². The third-order valence-corrected chi connectivity index (χ3v) is 25.8. The fourth-order valence-electron chi connectivity index (χ4n) is 13.5. The number of nitrogens with two attached hydrogens (primary N) is 1. The first kappa shape index (κ1) is 65.6. The van der Waals surface area contributed by atoms with Crippen molar-refractivity contribution in [3.63, 3.8) is 0 Å². The molecule has 9 fully saturated rings.